The van der Waals surface area contributed by atoms with E-state index in [0.29, 0.717) is 19.3 Å². The average molecular weight is 769 g/mol. The summed E-state index contributed by atoms with van der Waals surface area (Å²) < 4.78 is 0. The van der Waals surface area contributed by atoms with Crippen molar-refractivity contribution in [3.05, 3.63) is 0 Å². The minimum absolute atomic E-state index is 0. The van der Waals surface area contributed by atoms with Crippen LogP contribution in [0.3, 0.4) is 0 Å². The Labute approximate surface area is 399 Å². The second-order valence-corrected chi connectivity index (χ2v) is 11.3. The summed E-state index contributed by atoms with van der Waals surface area (Å²) in [6.45, 7) is 13.3. The van der Waals surface area contributed by atoms with Crippen molar-refractivity contribution < 1.29 is 174 Å². The van der Waals surface area contributed by atoms with Crippen molar-refractivity contribution in [1.82, 2.24) is 4.90 Å². The summed E-state index contributed by atoms with van der Waals surface area (Å²) >= 11 is 0. The third-order valence-corrected chi connectivity index (χ3v) is 7.12. The molecule has 0 aromatic heterocycles. The number of rotatable bonds is 23. The molecule has 4 atom stereocenters. The molecule has 0 spiro atoms. The number of likely N-dealkylation sites (N-methyl/N-ethyl adjacent to an activating group) is 1. The molecule has 4 unspecified atom stereocenters. The molecule has 0 heterocycles. The zero-order valence-corrected chi connectivity index (χ0v) is 42.4. The molecular weight excluding hydrogens is 702 g/mol. The fraction of sp³-hybridized carbons (Fsp3) is 0.829. The van der Waals surface area contributed by atoms with Crippen molar-refractivity contribution in [3.8, 4) is 0 Å². The SMILES string of the molecule is CCC(C)[C-]=O.CCC([C-]=O)CC(C)C(=O)O.CCCC([C-]=O)CC.CCCCCCCCCCCC(=O)N(C)CC(=O)[O-].[Na+].[Na+].[Na+].[Na+].[OH-].[OH-].[OH-]. The molecule has 0 aliphatic heterocycles. The van der Waals surface area contributed by atoms with Crippen LogP contribution in [0.1, 0.15) is 151 Å². The first-order chi connectivity index (χ1) is 20.8. The molecule has 4 N–H and O–H groups in total. The molecule has 0 aliphatic carbocycles. The monoisotopic (exact) mass is 768 g/mol. The van der Waals surface area contributed by atoms with Crippen LogP contribution in [0.25, 0.3) is 0 Å². The van der Waals surface area contributed by atoms with Crippen molar-refractivity contribution in [3.63, 3.8) is 0 Å². The fourth-order valence-corrected chi connectivity index (χ4v) is 3.66. The van der Waals surface area contributed by atoms with Gasteiger partial charge >= 0.3 is 124 Å². The molecule has 0 radical (unpaired) electrons. The van der Waals surface area contributed by atoms with Gasteiger partial charge in [0.15, 0.2) is 0 Å². The van der Waals surface area contributed by atoms with Crippen LogP contribution in [0.2, 0.25) is 0 Å². The van der Waals surface area contributed by atoms with Crippen LogP contribution in [0.15, 0.2) is 0 Å². The van der Waals surface area contributed by atoms with Crippen LogP contribution in [0.4, 0.5) is 0 Å². The molecule has 0 saturated carbocycles. The number of carbonyl (C=O) groups excluding carboxylic acids is 5. The number of aliphatic carboxylic acids is 2. The van der Waals surface area contributed by atoms with E-state index in [-0.39, 0.29) is 165 Å². The first kappa shape index (κ1) is 80.7. The van der Waals surface area contributed by atoms with Crippen molar-refractivity contribution in [2.45, 2.75) is 151 Å². The van der Waals surface area contributed by atoms with Crippen LogP contribution >= 0.6 is 0 Å². The first-order valence-electron chi connectivity index (χ1n) is 16.6. The molecule has 16 heteroatoms. The second kappa shape index (κ2) is 63.2. The van der Waals surface area contributed by atoms with Crippen molar-refractivity contribution in [1.29, 1.82) is 0 Å². The Kier molecular flexibility index (Phi) is 100. The van der Waals surface area contributed by atoms with Gasteiger partial charge in [-0.3, -0.25) is 28.4 Å². The minimum atomic E-state index is -1.21. The molecular formula is C35H66NNa4O11-3. The quantitative estimate of drug-likeness (QED) is 0.0583. The second-order valence-electron chi connectivity index (χ2n) is 11.3. The Hall–Kier alpha value is 1.30. The summed E-state index contributed by atoms with van der Waals surface area (Å²) in [6.07, 6.45) is 22.0. The van der Waals surface area contributed by atoms with Crippen molar-refractivity contribution in [2.75, 3.05) is 13.6 Å². The molecule has 0 bridgehead atoms. The van der Waals surface area contributed by atoms with Gasteiger partial charge in [0.25, 0.3) is 0 Å². The third-order valence-electron chi connectivity index (χ3n) is 7.12. The maximum atomic E-state index is 11.5. The number of nitrogens with zero attached hydrogens (tertiary/aromatic N) is 1. The topological polar surface area (TPSA) is 239 Å². The molecule has 0 saturated heterocycles. The van der Waals surface area contributed by atoms with E-state index in [4.69, 9.17) is 5.11 Å². The van der Waals surface area contributed by atoms with Gasteiger partial charge in [-0.25, -0.2) is 0 Å². The van der Waals surface area contributed by atoms with Gasteiger partial charge in [0.05, 0.1) is 18.4 Å². The van der Waals surface area contributed by atoms with Gasteiger partial charge in [0.1, 0.15) is 0 Å². The van der Waals surface area contributed by atoms with E-state index in [2.05, 4.69) is 13.8 Å². The number of unbranched alkanes of at least 4 members (excludes halogenated alkanes) is 8. The molecule has 0 aromatic rings. The Morgan fingerprint density at radius 1 is 0.647 bits per heavy atom. The molecule has 0 aromatic carbocycles. The van der Waals surface area contributed by atoms with Gasteiger partial charge in [0.2, 0.25) is 5.91 Å². The molecule has 284 valence electrons. The number of carboxylic acid groups (broad SMARTS) is 2. The number of amides is 1. The predicted molar refractivity (Wildman–Crippen MR) is 181 cm³/mol. The van der Waals surface area contributed by atoms with E-state index in [9.17, 15) is 33.9 Å². The Morgan fingerprint density at radius 2 is 1.06 bits per heavy atom. The molecule has 12 nitrogen and oxygen atoms in total. The van der Waals surface area contributed by atoms with Crippen LogP contribution in [-0.4, -0.2) is 76.7 Å². The summed E-state index contributed by atoms with van der Waals surface area (Å²) in [6, 6.07) is 0. The van der Waals surface area contributed by atoms with Gasteiger partial charge < -0.3 is 50.7 Å². The Bertz CT molecular complexity index is 740. The Balaban J connectivity index is -0.0000000483. The van der Waals surface area contributed by atoms with E-state index in [1.54, 1.807) is 6.92 Å². The molecule has 1 amide bonds. The maximum absolute atomic E-state index is 11.5. The van der Waals surface area contributed by atoms with E-state index >= 15 is 0 Å². The van der Waals surface area contributed by atoms with Crippen LogP contribution < -0.4 is 123 Å². The van der Waals surface area contributed by atoms with E-state index in [1.807, 2.05) is 46.6 Å². The summed E-state index contributed by atoms with van der Waals surface area (Å²) in [7, 11) is 1.51. The van der Waals surface area contributed by atoms with Crippen molar-refractivity contribution >= 4 is 36.7 Å². The molecule has 51 heavy (non-hydrogen) atoms. The van der Waals surface area contributed by atoms with E-state index < -0.39 is 17.9 Å². The number of hydrogen-bond donors (Lipinski definition) is 1. The van der Waals surface area contributed by atoms with Gasteiger partial charge in [-0.05, 0) is 6.42 Å². The predicted octanol–water partition coefficient (Wildman–Crippen LogP) is -6.10. The molecule has 0 fully saturated rings. The summed E-state index contributed by atoms with van der Waals surface area (Å²) in [5.74, 6) is -2.50. The zero-order valence-electron chi connectivity index (χ0n) is 34.4. The number of carbonyl (C=O) groups is 3. The minimum Gasteiger partial charge on any atom is -0.870 e. The molecule has 0 rings (SSSR count). The normalized spacial score (nSPS) is 10.9. The zero-order chi connectivity index (χ0) is 34.8. The Morgan fingerprint density at radius 3 is 1.31 bits per heavy atom. The first-order valence-corrected chi connectivity index (χ1v) is 16.6. The van der Waals surface area contributed by atoms with Gasteiger partial charge in [-0.1, -0.05) is 138 Å². The molecule has 0 aliphatic rings. The number of carboxylic acids is 2. The van der Waals surface area contributed by atoms with Crippen LogP contribution in [-0.2, 0) is 28.8 Å². The van der Waals surface area contributed by atoms with Crippen LogP contribution in [0, 0.1) is 23.7 Å². The summed E-state index contributed by atoms with van der Waals surface area (Å²) in [4.78, 5) is 63.2. The maximum Gasteiger partial charge on any atom is 1.00 e. The average Bonchev–Trinajstić information content (AvgIpc) is 3.01. The van der Waals surface area contributed by atoms with E-state index in [0.717, 1.165) is 38.5 Å². The van der Waals surface area contributed by atoms with E-state index in [1.165, 1.54) is 56.9 Å². The van der Waals surface area contributed by atoms with Gasteiger partial charge in [-0.2, -0.15) is 0 Å². The summed E-state index contributed by atoms with van der Waals surface area (Å²) in [5.41, 5.74) is 0. The van der Waals surface area contributed by atoms with Gasteiger partial charge in [-0.15, -0.1) is 17.8 Å². The third kappa shape index (κ3) is 66.5. The number of hydrogen-bond acceptors (Lipinski definition) is 10. The van der Waals surface area contributed by atoms with Gasteiger partial charge in [0, 0.05) is 13.5 Å². The standard InChI is InChI=1S/C15H29NO3.C8H13O3.C7H13O.C5H9O.4Na.3H2O/c1-3-4-5-6-7-8-9-10-11-12-14(17)16(2)13-15(18)19;1-3-7(5-9)4-6(2)8(10)11;1-3-5-7(4-2)6-8;1-3-5(2)4-6;;;;;;;/h3-13H2,1-2H3,(H,18,19);6-7H,3-4H2,1-2H3,(H,10,11);7H,3-5H2,1-2H3;5H,3H2,1-2H3;;;;;3*1H2/q;3*-1;4*+1;;;/p-4. The van der Waals surface area contributed by atoms with Crippen molar-refractivity contribution in [2.24, 2.45) is 23.7 Å². The largest absolute Gasteiger partial charge is 1.00 e. The smallest absolute Gasteiger partial charge is 0.870 e. The van der Waals surface area contributed by atoms with Crippen LogP contribution in [0.5, 0.6) is 0 Å². The fourth-order valence-electron chi connectivity index (χ4n) is 3.66. The summed E-state index contributed by atoms with van der Waals surface area (Å²) in [5, 5.41) is 18.8.